The van der Waals surface area contributed by atoms with E-state index in [0.29, 0.717) is 13.2 Å². The van der Waals surface area contributed by atoms with E-state index in [4.69, 9.17) is 10.5 Å². The topological polar surface area (TPSA) is 67.6 Å². The number of rotatable bonds is 8. The van der Waals surface area contributed by atoms with Crippen LogP contribution in [0, 0.1) is 0 Å². The molecule has 106 valence electrons. The highest BCUT2D eigenvalue weighted by Crippen LogP contribution is 2.17. The molecular weight excluding hydrogens is 242 g/mol. The number of benzene rings is 1. The van der Waals surface area contributed by atoms with E-state index < -0.39 is 5.91 Å². The van der Waals surface area contributed by atoms with Gasteiger partial charge in [0.25, 0.3) is 0 Å². The average molecular weight is 265 g/mol. The highest BCUT2D eigenvalue weighted by atomic mass is 16.5. The predicted octanol–water partition coefficient (Wildman–Crippen LogP) is 0.905. The van der Waals surface area contributed by atoms with E-state index in [9.17, 15) is 4.79 Å². The van der Waals surface area contributed by atoms with Crippen molar-refractivity contribution in [2.45, 2.75) is 13.0 Å². The fourth-order valence-corrected chi connectivity index (χ4v) is 1.70. The molecule has 1 aromatic carbocycles. The Bertz CT molecular complexity index is 390. The van der Waals surface area contributed by atoms with Crippen LogP contribution in [0.25, 0.3) is 0 Å². The normalized spacial score (nSPS) is 12.2. The van der Waals surface area contributed by atoms with Gasteiger partial charge in [0.05, 0.1) is 6.61 Å². The van der Waals surface area contributed by atoms with Gasteiger partial charge in [-0.1, -0.05) is 12.1 Å². The summed E-state index contributed by atoms with van der Waals surface area (Å²) in [5.41, 5.74) is 7.38. The van der Waals surface area contributed by atoms with E-state index in [2.05, 4.69) is 41.4 Å². The summed E-state index contributed by atoms with van der Waals surface area (Å²) in [6.07, 6.45) is 0. The number of amides is 1. The lowest BCUT2D eigenvalue weighted by atomic mass is 10.1. The highest BCUT2D eigenvalue weighted by Gasteiger charge is 2.05. The first kappa shape index (κ1) is 15.5. The molecule has 19 heavy (non-hydrogen) atoms. The molecule has 0 saturated carbocycles. The van der Waals surface area contributed by atoms with E-state index in [-0.39, 0.29) is 12.6 Å². The van der Waals surface area contributed by atoms with Gasteiger partial charge in [0.1, 0.15) is 6.61 Å². The third kappa shape index (κ3) is 5.72. The van der Waals surface area contributed by atoms with Gasteiger partial charge >= 0.3 is 0 Å². The van der Waals surface area contributed by atoms with Crippen LogP contribution >= 0.6 is 0 Å². The molecule has 0 fully saturated rings. The minimum absolute atomic E-state index is 0.0202. The number of nitrogens with two attached hydrogens (primary N) is 1. The molecule has 0 aliphatic carbocycles. The molecule has 5 heteroatoms. The summed E-state index contributed by atoms with van der Waals surface area (Å²) in [6.45, 7) is 3.24. The monoisotopic (exact) mass is 265 g/mol. The van der Waals surface area contributed by atoms with Gasteiger partial charge in [-0.25, -0.2) is 0 Å². The Kier molecular flexibility index (Phi) is 6.32. The van der Waals surface area contributed by atoms with Crippen molar-refractivity contribution < 1.29 is 9.53 Å². The number of hydrogen-bond acceptors (Lipinski definition) is 4. The Morgan fingerprint density at radius 1 is 1.37 bits per heavy atom. The molecule has 0 heterocycles. The van der Waals surface area contributed by atoms with Gasteiger partial charge < -0.3 is 20.7 Å². The second-order valence-electron chi connectivity index (χ2n) is 4.68. The molecule has 0 aliphatic heterocycles. The summed E-state index contributed by atoms with van der Waals surface area (Å²) in [4.78, 5) is 12.5. The third-order valence-corrected chi connectivity index (χ3v) is 2.85. The first-order valence-electron chi connectivity index (χ1n) is 6.37. The molecule has 0 radical (unpaired) electrons. The second kappa shape index (κ2) is 7.76. The number of nitrogens with one attached hydrogen (secondary N) is 1. The van der Waals surface area contributed by atoms with Crippen molar-refractivity contribution in [1.82, 2.24) is 5.32 Å². The van der Waals surface area contributed by atoms with E-state index >= 15 is 0 Å². The highest BCUT2D eigenvalue weighted by molar-refractivity contribution is 5.74. The molecule has 0 aliphatic rings. The van der Waals surface area contributed by atoms with Crippen LogP contribution < -0.4 is 16.0 Å². The number of carbonyl (C=O) groups is 1. The summed E-state index contributed by atoms with van der Waals surface area (Å²) in [6, 6.07) is 8.65. The van der Waals surface area contributed by atoms with Crippen molar-refractivity contribution in [3.8, 4) is 0 Å². The summed E-state index contributed by atoms with van der Waals surface area (Å²) in [5.74, 6) is -0.438. The molecule has 1 atom stereocenters. The van der Waals surface area contributed by atoms with Gasteiger partial charge in [0.2, 0.25) is 5.91 Å². The molecule has 0 spiro atoms. The van der Waals surface area contributed by atoms with Crippen LogP contribution in [-0.4, -0.2) is 39.8 Å². The molecule has 1 aromatic rings. The Labute approximate surface area is 114 Å². The molecule has 1 rings (SSSR count). The number of anilines is 1. The van der Waals surface area contributed by atoms with Gasteiger partial charge in [-0.15, -0.1) is 0 Å². The van der Waals surface area contributed by atoms with Crippen molar-refractivity contribution in [3.05, 3.63) is 29.8 Å². The van der Waals surface area contributed by atoms with Crippen LogP contribution in [0.4, 0.5) is 5.69 Å². The minimum Gasteiger partial charge on any atom is -0.378 e. The lowest BCUT2D eigenvalue weighted by molar-refractivity contribution is -0.122. The lowest BCUT2D eigenvalue weighted by Gasteiger charge is -2.17. The quantitative estimate of drug-likeness (QED) is 0.685. The standard InChI is InChI=1S/C14H23N3O2/c1-11(16-8-9-19-10-14(15)18)12-4-6-13(7-5-12)17(2)3/h4-7,11,16H,8-10H2,1-3H3,(H2,15,18). The molecule has 1 amide bonds. The zero-order valence-electron chi connectivity index (χ0n) is 11.8. The van der Waals surface area contributed by atoms with E-state index in [1.807, 2.05) is 14.1 Å². The number of nitrogens with zero attached hydrogens (tertiary/aromatic N) is 1. The predicted molar refractivity (Wildman–Crippen MR) is 77.2 cm³/mol. The SMILES string of the molecule is CC(NCCOCC(N)=O)c1ccc(N(C)C)cc1. The number of primary amides is 1. The van der Waals surface area contributed by atoms with Gasteiger partial charge in [0.15, 0.2) is 0 Å². The third-order valence-electron chi connectivity index (χ3n) is 2.85. The van der Waals surface area contributed by atoms with Crippen LogP contribution in [0.15, 0.2) is 24.3 Å². The fraction of sp³-hybridized carbons (Fsp3) is 0.500. The zero-order valence-corrected chi connectivity index (χ0v) is 11.8. The Balaban J connectivity index is 2.32. The molecule has 0 aromatic heterocycles. The number of hydrogen-bond donors (Lipinski definition) is 2. The first-order chi connectivity index (χ1) is 9.00. The molecule has 3 N–H and O–H groups in total. The van der Waals surface area contributed by atoms with E-state index in [0.717, 1.165) is 0 Å². The van der Waals surface area contributed by atoms with E-state index in [1.54, 1.807) is 0 Å². The summed E-state index contributed by atoms with van der Waals surface area (Å²) >= 11 is 0. The average Bonchev–Trinajstić information content (AvgIpc) is 2.37. The Morgan fingerprint density at radius 3 is 2.53 bits per heavy atom. The van der Waals surface area contributed by atoms with Crippen molar-refractivity contribution >= 4 is 11.6 Å². The number of ether oxygens (including phenoxy) is 1. The smallest absolute Gasteiger partial charge is 0.243 e. The van der Waals surface area contributed by atoms with Crippen LogP contribution in [-0.2, 0) is 9.53 Å². The minimum atomic E-state index is -0.438. The van der Waals surface area contributed by atoms with Gasteiger partial charge in [-0.2, -0.15) is 0 Å². The fourth-order valence-electron chi connectivity index (χ4n) is 1.70. The molecule has 0 saturated heterocycles. The lowest BCUT2D eigenvalue weighted by Crippen LogP contribution is -2.26. The van der Waals surface area contributed by atoms with Gasteiger partial charge in [-0.05, 0) is 24.6 Å². The van der Waals surface area contributed by atoms with Crippen molar-refractivity contribution in [1.29, 1.82) is 0 Å². The zero-order chi connectivity index (χ0) is 14.3. The maximum atomic E-state index is 10.5. The molecule has 1 unspecified atom stereocenters. The van der Waals surface area contributed by atoms with Crippen LogP contribution in [0.2, 0.25) is 0 Å². The molecular formula is C14H23N3O2. The van der Waals surface area contributed by atoms with Crippen LogP contribution in [0.5, 0.6) is 0 Å². The Hall–Kier alpha value is -1.59. The summed E-state index contributed by atoms with van der Waals surface area (Å²) in [7, 11) is 4.04. The van der Waals surface area contributed by atoms with Gasteiger partial charge in [0, 0.05) is 32.4 Å². The van der Waals surface area contributed by atoms with Gasteiger partial charge in [-0.3, -0.25) is 4.79 Å². The second-order valence-corrected chi connectivity index (χ2v) is 4.68. The first-order valence-corrected chi connectivity index (χ1v) is 6.37. The largest absolute Gasteiger partial charge is 0.378 e. The molecule has 0 bridgehead atoms. The maximum absolute atomic E-state index is 10.5. The van der Waals surface area contributed by atoms with Crippen LogP contribution in [0.3, 0.4) is 0 Å². The Morgan fingerprint density at radius 2 is 2.00 bits per heavy atom. The maximum Gasteiger partial charge on any atom is 0.243 e. The van der Waals surface area contributed by atoms with Crippen LogP contribution in [0.1, 0.15) is 18.5 Å². The number of carbonyl (C=O) groups excluding carboxylic acids is 1. The van der Waals surface area contributed by atoms with Crippen molar-refractivity contribution in [3.63, 3.8) is 0 Å². The summed E-state index contributed by atoms with van der Waals surface area (Å²) < 4.78 is 5.09. The summed E-state index contributed by atoms with van der Waals surface area (Å²) in [5, 5.41) is 3.33. The van der Waals surface area contributed by atoms with E-state index in [1.165, 1.54) is 11.3 Å². The van der Waals surface area contributed by atoms with Crippen molar-refractivity contribution in [2.75, 3.05) is 38.8 Å². The molecule has 5 nitrogen and oxygen atoms in total. The van der Waals surface area contributed by atoms with Crippen molar-refractivity contribution in [2.24, 2.45) is 5.73 Å².